The number of ether oxygens (including phenoxy) is 1. The Hall–Kier alpha value is -3.00. The summed E-state index contributed by atoms with van der Waals surface area (Å²) >= 11 is 0. The van der Waals surface area contributed by atoms with Crippen LogP contribution in [0.2, 0.25) is 0 Å². The molecule has 140 valence electrons. The van der Waals surface area contributed by atoms with E-state index < -0.39 is 0 Å². The molecule has 5 nitrogen and oxygen atoms in total. The van der Waals surface area contributed by atoms with Crippen LogP contribution in [0.15, 0.2) is 48.5 Å². The SMILES string of the molecule is CN(Cc1ccc(N2CCCCC2)cc1)C(=O)COc1ccccc1C#N. The van der Waals surface area contributed by atoms with Gasteiger partial charge in [-0.3, -0.25) is 4.79 Å². The highest BCUT2D eigenvalue weighted by Crippen LogP contribution is 2.21. The number of benzene rings is 2. The van der Waals surface area contributed by atoms with Gasteiger partial charge in [-0.15, -0.1) is 0 Å². The van der Waals surface area contributed by atoms with E-state index >= 15 is 0 Å². The molecule has 5 heteroatoms. The molecular weight excluding hydrogens is 338 g/mol. The minimum absolute atomic E-state index is 0.0823. The van der Waals surface area contributed by atoms with Crippen molar-refractivity contribution in [3.8, 4) is 11.8 Å². The maximum atomic E-state index is 12.3. The summed E-state index contributed by atoms with van der Waals surface area (Å²) in [6.07, 6.45) is 3.84. The molecule has 0 aromatic heterocycles. The normalized spacial score (nSPS) is 13.7. The monoisotopic (exact) mass is 363 g/mol. The maximum Gasteiger partial charge on any atom is 0.260 e. The summed E-state index contributed by atoms with van der Waals surface area (Å²) in [5, 5.41) is 9.08. The lowest BCUT2D eigenvalue weighted by atomic mass is 10.1. The molecule has 1 amide bonds. The first-order chi connectivity index (χ1) is 13.2. The van der Waals surface area contributed by atoms with Crippen LogP contribution in [0.1, 0.15) is 30.4 Å². The van der Waals surface area contributed by atoms with Gasteiger partial charge in [-0.2, -0.15) is 5.26 Å². The van der Waals surface area contributed by atoms with E-state index in [-0.39, 0.29) is 12.5 Å². The van der Waals surface area contributed by atoms with Crippen molar-refractivity contribution in [2.75, 3.05) is 31.6 Å². The van der Waals surface area contributed by atoms with Gasteiger partial charge in [0, 0.05) is 32.4 Å². The number of para-hydroxylation sites is 1. The first-order valence-corrected chi connectivity index (χ1v) is 9.37. The van der Waals surface area contributed by atoms with Crippen LogP contribution < -0.4 is 9.64 Å². The van der Waals surface area contributed by atoms with E-state index in [0.717, 1.165) is 18.7 Å². The Balaban J connectivity index is 1.52. The third-order valence-electron chi connectivity index (χ3n) is 4.86. The van der Waals surface area contributed by atoms with E-state index in [4.69, 9.17) is 10.00 Å². The number of likely N-dealkylation sites (N-methyl/N-ethyl adjacent to an activating group) is 1. The Labute approximate surface area is 160 Å². The molecule has 1 heterocycles. The first-order valence-electron chi connectivity index (χ1n) is 9.37. The Morgan fingerprint density at radius 2 is 1.81 bits per heavy atom. The fraction of sp³-hybridized carbons (Fsp3) is 0.364. The average molecular weight is 363 g/mol. The lowest BCUT2D eigenvalue weighted by Gasteiger charge is -2.29. The molecule has 0 spiro atoms. The number of nitriles is 1. The van der Waals surface area contributed by atoms with Gasteiger partial charge in [0.05, 0.1) is 5.56 Å². The van der Waals surface area contributed by atoms with E-state index in [1.54, 1.807) is 36.2 Å². The van der Waals surface area contributed by atoms with Gasteiger partial charge in [0.1, 0.15) is 11.8 Å². The van der Waals surface area contributed by atoms with Crippen LogP contribution in [0.3, 0.4) is 0 Å². The quantitative estimate of drug-likeness (QED) is 0.787. The van der Waals surface area contributed by atoms with Crippen molar-refractivity contribution in [1.29, 1.82) is 5.26 Å². The summed E-state index contributed by atoms with van der Waals surface area (Å²) in [6.45, 7) is 2.70. The van der Waals surface area contributed by atoms with Crippen molar-refractivity contribution in [3.05, 3.63) is 59.7 Å². The summed E-state index contributed by atoms with van der Waals surface area (Å²) in [7, 11) is 1.76. The largest absolute Gasteiger partial charge is 0.482 e. The minimum Gasteiger partial charge on any atom is -0.482 e. The third kappa shape index (κ3) is 5.01. The highest BCUT2D eigenvalue weighted by atomic mass is 16.5. The van der Waals surface area contributed by atoms with Crippen molar-refractivity contribution in [2.45, 2.75) is 25.8 Å². The molecule has 0 bridgehead atoms. The lowest BCUT2D eigenvalue weighted by molar-refractivity contribution is -0.132. The van der Waals surface area contributed by atoms with E-state index in [0.29, 0.717) is 17.9 Å². The first kappa shape index (κ1) is 18.8. The highest BCUT2D eigenvalue weighted by molar-refractivity contribution is 5.77. The Morgan fingerprint density at radius 3 is 2.52 bits per heavy atom. The number of nitrogens with zero attached hydrogens (tertiary/aromatic N) is 3. The predicted octanol–water partition coefficient (Wildman–Crippen LogP) is 3.59. The fourth-order valence-corrected chi connectivity index (χ4v) is 3.26. The third-order valence-corrected chi connectivity index (χ3v) is 4.86. The Morgan fingerprint density at radius 1 is 1.11 bits per heavy atom. The molecule has 27 heavy (non-hydrogen) atoms. The summed E-state index contributed by atoms with van der Waals surface area (Å²) in [6, 6.07) is 17.4. The second-order valence-electron chi connectivity index (χ2n) is 6.86. The fourth-order valence-electron chi connectivity index (χ4n) is 3.26. The van der Waals surface area contributed by atoms with Crippen molar-refractivity contribution >= 4 is 11.6 Å². The van der Waals surface area contributed by atoms with Crippen LogP contribution in [0, 0.1) is 11.3 Å². The molecule has 2 aromatic rings. The molecule has 0 saturated carbocycles. The van der Waals surface area contributed by atoms with E-state index in [2.05, 4.69) is 35.2 Å². The number of amides is 1. The zero-order valence-electron chi connectivity index (χ0n) is 15.7. The Kier molecular flexibility index (Phi) is 6.32. The van der Waals surface area contributed by atoms with E-state index in [1.807, 2.05) is 0 Å². The smallest absolute Gasteiger partial charge is 0.260 e. The van der Waals surface area contributed by atoms with Crippen LogP contribution in [0.25, 0.3) is 0 Å². The molecule has 0 aliphatic carbocycles. The molecule has 1 saturated heterocycles. The van der Waals surface area contributed by atoms with Crippen molar-refractivity contribution in [2.24, 2.45) is 0 Å². The standard InChI is InChI=1S/C22H25N3O2/c1-24(22(26)17-27-21-8-4-3-7-19(21)15-23)16-18-9-11-20(12-10-18)25-13-5-2-6-14-25/h3-4,7-12H,2,5-6,13-14,16-17H2,1H3. The lowest BCUT2D eigenvalue weighted by Crippen LogP contribution is -2.31. The molecular formula is C22H25N3O2. The Bertz CT molecular complexity index is 805. The zero-order chi connectivity index (χ0) is 19.1. The average Bonchev–Trinajstić information content (AvgIpc) is 2.73. The molecule has 3 rings (SSSR count). The number of carbonyl (C=O) groups excluding carboxylic acids is 1. The number of hydrogen-bond acceptors (Lipinski definition) is 4. The van der Waals surface area contributed by atoms with Gasteiger partial charge in [0.2, 0.25) is 0 Å². The van der Waals surface area contributed by atoms with Crippen LogP contribution in [0.5, 0.6) is 5.75 Å². The zero-order valence-corrected chi connectivity index (χ0v) is 15.7. The van der Waals surface area contributed by atoms with Crippen molar-refractivity contribution in [1.82, 2.24) is 4.90 Å². The number of piperidine rings is 1. The topological polar surface area (TPSA) is 56.6 Å². The van der Waals surface area contributed by atoms with Gasteiger partial charge >= 0.3 is 0 Å². The summed E-state index contributed by atoms with van der Waals surface area (Å²) in [4.78, 5) is 16.4. The second kappa shape index (κ2) is 9.09. The molecule has 2 aromatic carbocycles. The molecule has 1 aliphatic heterocycles. The van der Waals surface area contributed by atoms with Crippen LogP contribution >= 0.6 is 0 Å². The van der Waals surface area contributed by atoms with Crippen molar-refractivity contribution < 1.29 is 9.53 Å². The second-order valence-corrected chi connectivity index (χ2v) is 6.86. The molecule has 0 N–H and O–H groups in total. The van der Waals surface area contributed by atoms with E-state index in [1.165, 1.54) is 24.9 Å². The summed E-state index contributed by atoms with van der Waals surface area (Å²) < 4.78 is 5.53. The number of rotatable bonds is 6. The van der Waals surface area contributed by atoms with Crippen LogP contribution in [-0.4, -0.2) is 37.6 Å². The van der Waals surface area contributed by atoms with Gasteiger partial charge in [-0.1, -0.05) is 24.3 Å². The van der Waals surface area contributed by atoms with Gasteiger partial charge < -0.3 is 14.5 Å². The molecule has 0 atom stereocenters. The highest BCUT2D eigenvalue weighted by Gasteiger charge is 2.13. The van der Waals surface area contributed by atoms with Gasteiger partial charge in [-0.05, 0) is 49.1 Å². The van der Waals surface area contributed by atoms with Gasteiger partial charge in [-0.25, -0.2) is 0 Å². The molecule has 1 aliphatic rings. The molecule has 0 unspecified atom stereocenters. The summed E-state index contributed by atoms with van der Waals surface area (Å²) in [5.74, 6) is 0.315. The predicted molar refractivity (Wildman–Crippen MR) is 106 cm³/mol. The van der Waals surface area contributed by atoms with Gasteiger partial charge in [0.15, 0.2) is 6.61 Å². The summed E-state index contributed by atoms with van der Waals surface area (Å²) in [5.41, 5.74) is 2.77. The molecule has 0 radical (unpaired) electrons. The maximum absolute atomic E-state index is 12.3. The molecule has 1 fully saturated rings. The number of carbonyl (C=O) groups is 1. The minimum atomic E-state index is -0.122. The van der Waals surface area contributed by atoms with E-state index in [9.17, 15) is 4.79 Å². The van der Waals surface area contributed by atoms with Gasteiger partial charge in [0.25, 0.3) is 5.91 Å². The van der Waals surface area contributed by atoms with Crippen molar-refractivity contribution in [3.63, 3.8) is 0 Å². The number of hydrogen-bond donors (Lipinski definition) is 0. The number of anilines is 1. The van der Waals surface area contributed by atoms with Crippen LogP contribution in [0.4, 0.5) is 5.69 Å². The van der Waals surface area contributed by atoms with Crippen LogP contribution in [-0.2, 0) is 11.3 Å².